The van der Waals surface area contributed by atoms with Gasteiger partial charge in [0.05, 0.1) is 11.7 Å². The minimum atomic E-state index is -3.46. The molecule has 3 rings (SSSR count). The Morgan fingerprint density at radius 3 is 2.36 bits per heavy atom. The Morgan fingerprint density at radius 1 is 1.04 bits per heavy atom. The van der Waals surface area contributed by atoms with Crippen molar-refractivity contribution in [2.45, 2.75) is 39.4 Å². The Kier molecular flexibility index (Phi) is 6.20. The van der Waals surface area contributed by atoms with Gasteiger partial charge in [-0.3, -0.25) is 4.79 Å². The molecule has 1 aliphatic rings. The number of rotatable bonds is 5. The van der Waals surface area contributed by atoms with E-state index in [1.165, 1.54) is 4.31 Å². The molecule has 1 saturated heterocycles. The lowest BCUT2D eigenvalue weighted by Gasteiger charge is -2.31. The van der Waals surface area contributed by atoms with Gasteiger partial charge in [0.25, 0.3) is 0 Å². The Hall–Kier alpha value is -2.18. The van der Waals surface area contributed by atoms with Gasteiger partial charge in [-0.05, 0) is 55.9 Å². The first-order valence-corrected chi connectivity index (χ1v) is 11.3. The maximum atomic E-state index is 12.9. The number of sulfonamides is 1. The van der Waals surface area contributed by atoms with Crippen LogP contribution in [0.15, 0.2) is 42.5 Å². The van der Waals surface area contributed by atoms with Crippen molar-refractivity contribution in [3.8, 4) is 0 Å². The Balaban J connectivity index is 1.71. The first-order valence-electron chi connectivity index (χ1n) is 9.67. The molecule has 1 aliphatic heterocycles. The predicted octanol–water partition coefficient (Wildman–Crippen LogP) is 3.79. The van der Waals surface area contributed by atoms with Crippen LogP contribution in [0.4, 0.5) is 5.69 Å². The second kappa shape index (κ2) is 8.45. The molecule has 1 fully saturated rings. The number of carbonyl (C=O) groups is 1. The van der Waals surface area contributed by atoms with E-state index < -0.39 is 10.0 Å². The van der Waals surface area contributed by atoms with E-state index in [0.29, 0.717) is 19.4 Å². The number of nitrogens with one attached hydrogen (secondary N) is 1. The minimum Gasteiger partial charge on any atom is -0.325 e. The van der Waals surface area contributed by atoms with Crippen LogP contribution in [0.5, 0.6) is 0 Å². The van der Waals surface area contributed by atoms with Crippen LogP contribution in [-0.2, 0) is 20.6 Å². The summed E-state index contributed by atoms with van der Waals surface area (Å²) in [5.41, 5.74) is 4.62. The van der Waals surface area contributed by atoms with E-state index >= 15 is 0 Å². The summed E-state index contributed by atoms with van der Waals surface area (Å²) in [6.07, 6.45) is 1.39. The van der Waals surface area contributed by atoms with Gasteiger partial charge < -0.3 is 5.32 Å². The number of benzene rings is 2. The summed E-state index contributed by atoms with van der Waals surface area (Å²) >= 11 is 0. The van der Waals surface area contributed by atoms with Gasteiger partial charge in [-0.25, -0.2) is 12.7 Å². The second-order valence-electron chi connectivity index (χ2n) is 7.64. The number of hydrogen-bond acceptors (Lipinski definition) is 3. The quantitative estimate of drug-likeness (QED) is 0.830. The zero-order valence-electron chi connectivity index (χ0n) is 16.7. The van der Waals surface area contributed by atoms with Crippen LogP contribution in [0.1, 0.15) is 35.1 Å². The number of amides is 1. The molecule has 1 amide bonds. The van der Waals surface area contributed by atoms with Crippen molar-refractivity contribution in [3.63, 3.8) is 0 Å². The van der Waals surface area contributed by atoms with Crippen molar-refractivity contribution in [2.24, 2.45) is 5.92 Å². The first kappa shape index (κ1) is 20.6. The molecule has 0 saturated carbocycles. The molecule has 1 N–H and O–H groups in total. The molecular formula is C22H28N2O3S. The molecule has 0 radical (unpaired) electrons. The highest BCUT2D eigenvalue weighted by atomic mass is 32.2. The lowest BCUT2D eigenvalue weighted by Crippen LogP contribution is -2.44. The second-order valence-corrected chi connectivity index (χ2v) is 9.60. The van der Waals surface area contributed by atoms with Crippen LogP contribution in [0.2, 0.25) is 0 Å². The molecule has 1 atom stereocenters. The predicted molar refractivity (Wildman–Crippen MR) is 113 cm³/mol. The van der Waals surface area contributed by atoms with E-state index in [-0.39, 0.29) is 24.1 Å². The number of piperidine rings is 1. The SMILES string of the molecule is Cc1ccccc1CS(=O)(=O)N1CCC[C@@H](C(=O)Nc2c(C)cccc2C)C1. The lowest BCUT2D eigenvalue weighted by molar-refractivity contribution is -0.120. The highest BCUT2D eigenvalue weighted by Crippen LogP contribution is 2.25. The maximum Gasteiger partial charge on any atom is 0.228 e. The number of para-hydroxylation sites is 1. The van der Waals surface area contributed by atoms with Gasteiger partial charge in [0, 0.05) is 18.8 Å². The van der Waals surface area contributed by atoms with Crippen molar-refractivity contribution >= 4 is 21.6 Å². The van der Waals surface area contributed by atoms with Crippen LogP contribution < -0.4 is 5.32 Å². The molecule has 2 aromatic rings. The van der Waals surface area contributed by atoms with Gasteiger partial charge in [-0.2, -0.15) is 0 Å². The van der Waals surface area contributed by atoms with Gasteiger partial charge in [0.2, 0.25) is 15.9 Å². The molecule has 2 aromatic carbocycles. The monoisotopic (exact) mass is 400 g/mol. The lowest BCUT2D eigenvalue weighted by atomic mass is 9.98. The topological polar surface area (TPSA) is 66.5 Å². The number of nitrogens with zero attached hydrogens (tertiary/aromatic N) is 1. The van der Waals surface area contributed by atoms with Gasteiger partial charge in [-0.1, -0.05) is 42.5 Å². The van der Waals surface area contributed by atoms with Gasteiger partial charge in [0.15, 0.2) is 0 Å². The number of anilines is 1. The zero-order valence-corrected chi connectivity index (χ0v) is 17.6. The van der Waals surface area contributed by atoms with Gasteiger partial charge >= 0.3 is 0 Å². The molecule has 28 heavy (non-hydrogen) atoms. The van der Waals surface area contributed by atoms with E-state index in [1.54, 1.807) is 0 Å². The normalized spacial score (nSPS) is 18.0. The first-order chi connectivity index (χ1) is 13.3. The fourth-order valence-electron chi connectivity index (χ4n) is 3.71. The summed E-state index contributed by atoms with van der Waals surface area (Å²) in [6.45, 7) is 6.55. The molecule has 150 valence electrons. The third-order valence-electron chi connectivity index (χ3n) is 5.48. The molecule has 0 unspecified atom stereocenters. The van der Waals surface area contributed by atoms with Crippen molar-refractivity contribution in [2.75, 3.05) is 18.4 Å². The van der Waals surface area contributed by atoms with Crippen molar-refractivity contribution < 1.29 is 13.2 Å². The highest BCUT2D eigenvalue weighted by molar-refractivity contribution is 7.88. The van der Waals surface area contributed by atoms with E-state index in [9.17, 15) is 13.2 Å². The highest BCUT2D eigenvalue weighted by Gasteiger charge is 2.32. The number of aryl methyl sites for hydroxylation is 3. The summed E-state index contributed by atoms with van der Waals surface area (Å²) in [5.74, 6) is -0.460. The van der Waals surface area contributed by atoms with Gasteiger partial charge in [0.1, 0.15) is 0 Å². The third kappa shape index (κ3) is 4.62. The van der Waals surface area contributed by atoms with E-state index in [0.717, 1.165) is 27.9 Å². The fourth-order valence-corrected chi connectivity index (χ4v) is 5.42. The third-order valence-corrected chi connectivity index (χ3v) is 7.27. The van der Waals surface area contributed by atoms with E-state index in [1.807, 2.05) is 63.2 Å². The molecule has 1 heterocycles. The standard InChI is InChI=1S/C22H28N2O3S/c1-16-8-4-5-11-20(16)15-28(26,27)24-13-7-12-19(14-24)22(25)23-21-17(2)9-6-10-18(21)3/h4-6,8-11,19H,7,12-15H2,1-3H3,(H,23,25)/t19-/m1/s1. The zero-order chi connectivity index (χ0) is 20.3. The number of hydrogen-bond donors (Lipinski definition) is 1. The molecule has 0 aliphatic carbocycles. The van der Waals surface area contributed by atoms with Crippen molar-refractivity contribution in [1.82, 2.24) is 4.31 Å². The summed E-state index contributed by atoms with van der Waals surface area (Å²) < 4.78 is 27.4. The van der Waals surface area contributed by atoms with Crippen LogP contribution in [0.3, 0.4) is 0 Å². The Labute approximate surface area is 167 Å². The van der Waals surface area contributed by atoms with E-state index in [2.05, 4.69) is 5.32 Å². The summed E-state index contributed by atoms with van der Waals surface area (Å²) in [5, 5.41) is 3.02. The molecular weight excluding hydrogens is 372 g/mol. The molecule has 5 nitrogen and oxygen atoms in total. The van der Waals surface area contributed by atoms with Crippen molar-refractivity contribution in [3.05, 3.63) is 64.7 Å². The molecule has 0 aromatic heterocycles. The van der Waals surface area contributed by atoms with Crippen molar-refractivity contribution in [1.29, 1.82) is 0 Å². The number of carbonyl (C=O) groups excluding carboxylic acids is 1. The molecule has 0 bridgehead atoms. The van der Waals surface area contributed by atoms with Crippen LogP contribution in [-0.4, -0.2) is 31.7 Å². The Morgan fingerprint density at radius 2 is 1.68 bits per heavy atom. The largest absolute Gasteiger partial charge is 0.325 e. The smallest absolute Gasteiger partial charge is 0.228 e. The summed E-state index contributed by atoms with van der Waals surface area (Å²) in [7, 11) is -3.46. The van der Waals surface area contributed by atoms with Crippen LogP contribution in [0.25, 0.3) is 0 Å². The van der Waals surface area contributed by atoms with Crippen LogP contribution >= 0.6 is 0 Å². The van der Waals surface area contributed by atoms with E-state index in [4.69, 9.17) is 0 Å². The molecule has 0 spiro atoms. The maximum absolute atomic E-state index is 12.9. The fraction of sp³-hybridized carbons (Fsp3) is 0.409. The average molecular weight is 401 g/mol. The Bertz CT molecular complexity index is 949. The minimum absolute atomic E-state index is 0.0229. The summed E-state index contributed by atoms with van der Waals surface area (Å²) in [6, 6.07) is 13.4. The molecule has 6 heteroatoms. The average Bonchev–Trinajstić information content (AvgIpc) is 2.66. The summed E-state index contributed by atoms with van der Waals surface area (Å²) in [4.78, 5) is 12.8. The van der Waals surface area contributed by atoms with Crippen LogP contribution in [0, 0.1) is 26.7 Å². The van der Waals surface area contributed by atoms with Gasteiger partial charge in [-0.15, -0.1) is 0 Å².